The maximum absolute atomic E-state index is 7.34. The zero-order valence-corrected chi connectivity index (χ0v) is 8.40. The molecule has 4 nitrogen and oxygen atoms in total. The minimum Gasteiger partial charge on any atom is -0.436 e. The molecular formula is C10H7ClN3O. The summed E-state index contributed by atoms with van der Waals surface area (Å²) in [6, 6.07) is 4.73. The molecule has 1 N–H and O–H groups in total. The number of nitrogens with zero attached hydrogens (tertiary/aromatic N) is 2. The van der Waals surface area contributed by atoms with Crippen LogP contribution in [0.4, 0.5) is 5.69 Å². The van der Waals surface area contributed by atoms with Crippen LogP contribution in [0.5, 0.6) is 11.6 Å². The fourth-order valence-electron chi connectivity index (χ4n) is 1.03. The molecule has 0 amide bonds. The van der Waals surface area contributed by atoms with Gasteiger partial charge in [0.15, 0.2) is 0 Å². The van der Waals surface area contributed by atoms with E-state index in [1.54, 1.807) is 18.3 Å². The Labute approximate surface area is 91.7 Å². The van der Waals surface area contributed by atoms with Crippen molar-refractivity contribution in [2.24, 2.45) is 0 Å². The monoisotopic (exact) mass is 220 g/mol. The second kappa shape index (κ2) is 4.14. The zero-order chi connectivity index (χ0) is 10.7. The molecule has 5 heteroatoms. The highest BCUT2D eigenvalue weighted by Crippen LogP contribution is 2.29. The van der Waals surface area contributed by atoms with Gasteiger partial charge in [-0.15, -0.1) is 0 Å². The lowest BCUT2D eigenvalue weighted by molar-refractivity contribution is 0.460. The lowest BCUT2D eigenvalue weighted by atomic mass is 10.3. The summed E-state index contributed by atoms with van der Waals surface area (Å²) in [5, 5.41) is 0.383. The molecule has 0 unspecified atom stereocenters. The standard InChI is InChI=1S/C10H7ClN3O/c11-8-5-7(12)1-2-9(8)15-10-6-13-3-4-14-10/h1-6,12H. The smallest absolute Gasteiger partial charge is 0.237 e. The van der Waals surface area contributed by atoms with Gasteiger partial charge in [-0.1, -0.05) is 11.6 Å². The van der Waals surface area contributed by atoms with E-state index in [1.807, 2.05) is 0 Å². The van der Waals surface area contributed by atoms with E-state index in [-0.39, 0.29) is 0 Å². The number of rotatable bonds is 2. The highest BCUT2D eigenvalue weighted by Gasteiger charge is 2.03. The molecule has 1 aromatic carbocycles. The second-order valence-electron chi connectivity index (χ2n) is 2.79. The summed E-state index contributed by atoms with van der Waals surface area (Å²) in [7, 11) is 0. The van der Waals surface area contributed by atoms with E-state index in [0.717, 1.165) is 0 Å². The van der Waals surface area contributed by atoms with E-state index in [2.05, 4.69) is 9.97 Å². The number of nitrogens with one attached hydrogen (secondary N) is 1. The third-order valence-corrected chi connectivity index (χ3v) is 1.98. The third kappa shape index (κ3) is 2.35. The Morgan fingerprint density at radius 3 is 2.80 bits per heavy atom. The molecule has 2 aromatic rings. The van der Waals surface area contributed by atoms with Gasteiger partial charge in [-0.05, 0) is 18.2 Å². The SMILES string of the molecule is [NH]c1ccc(Oc2cnccn2)c(Cl)c1. The molecule has 0 aliphatic carbocycles. The van der Waals surface area contributed by atoms with Crippen LogP contribution in [-0.2, 0) is 0 Å². The molecular weight excluding hydrogens is 214 g/mol. The molecule has 2 rings (SSSR count). The predicted molar refractivity (Wildman–Crippen MR) is 56.3 cm³/mol. The van der Waals surface area contributed by atoms with Crippen LogP contribution in [0.2, 0.25) is 5.02 Å². The maximum atomic E-state index is 7.34. The number of halogens is 1. The average Bonchev–Trinajstić information content (AvgIpc) is 2.24. The van der Waals surface area contributed by atoms with Crippen molar-refractivity contribution in [3.05, 3.63) is 41.8 Å². The van der Waals surface area contributed by atoms with Crippen molar-refractivity contribution >= 4 is 17.3 Å². The first-order valence-electron chi connectivity index (χ1n) is 4.21. The topological polar surface area (TPSA) is 58.8 Å². The van der Waals surface area contributed by atoms with Gasteiger partial charge in [0.05, 0.1) is 16.9 Å². The molecule has 0 atom stereocenters. The summed E-state index contributed by atoms with van der Waals surface area (Å²) in [4.78, 5) is 7.81. The molecule has 1 aromatic heterocycles. The highest BCUT2D eigenvalue weighted by molar-refractivity contribution is 6.32. The fourth-order valence-corrected chi connectivity index (χ4v) is 1.25. The second-order valence-corrected chi connectivity index (χ2v) is 3.20. The average molecular weight is 221 g/mol. The van der Waals surface area contributed by atoms with Gasteiger partial charge >= 0.3 is 0 Å². The van der Waals surface area contributed by atoms with Crippen molar-refractivity contribution in [2.45, 2.75) is 0 Å². The lowest BCUT2D eigenvalue weighted by Crippen LogP contribution is -1.88. The Kier molecular flexibility index (Phi) is 2.69. The van der Waals surface area contributed by atoms with Crippen LogP contribution in [0.15, 0.2) is 36.8 Å². The van der Waals surface area contributed by atoms with Crippen molar-refractivity contribution in [2.75, 3.05) is 0 Å². The van der Waals surface area contributed by atoms with Gasteiger partial charge in [0.1, 0.15) is 5.75 Å². The van der Waals surface area contributed by atoms with E-state index in [4.69, 9.17) is 22.1 Å². The Morgan fingerprint density at radius 2 is 2.13 bits per heavy atom. The van der Waals surface area contributed by atoms with Gasteiger partial charge in [-0.25, -0.2) is 4.98 Å². The summed E-state index contributed by atoms with van der Waals surface area (Å²) in [5.74, 6) is 0.838. The van der Waals surface area contributed by atoms with Crippen molar-refractivity contribution < 1.29 is 4.74 Å². The van der Waals surface area contributed by atoms with Gasteiger partial charge in [0, 0.05) is 12.4 Å². The number of hydrogen-bond donors (Lipinski definition) is 0. The van der Waals surface area contributed by atoms with E-state index in [0.29, 0.717) is 22.3 Å². The van der Waals surface area contributed by atoms with Crippen LogP contribution in [0.3, 0.4) is 0 Å². The molecule has 0 fully saturated rings. The quantitative estimate of drug-likeness (QED) is 0.782. The van der Waals surface area contributed by atoms with Gasteiger partial charge in [-0.2, -0.15) is 0 Å². The summed E-state index contributed by atoms with van der Waals surface area (Å²) in [6.45, 7) is 0. The van der Waals surface area contributed by atoms with Gasteiger partial charge in [0.2, 0.25) is 5.88 Å². The zero-order valence-electron chi connectivity index (χ0n) is 7.64. The van der Waals surface area contributed by atoms with Crippen molar-refractivity contribution in [1.29, 1.82) is 0 Å². The van der Waals surface area contributed by atoms with E-state index >= 15 is 0 Å². The van der Waals surface area contributed by atoms with Crippen LogP contribution in [0, 0.1) is 0 Å². The van der Waals surface area contributed by atoms with Crippen LogP contribution >= 0.6 is 11.6 Å². The maximum Gasteiger partial charge on any atom is 0.237 e. The van der Waals surface area contributed by atoms with Crippen molar-refractivity contribution in [1.82, 2.24) is 15.7 Å². The molecule has 0 saturated carbocycles. The van der Waals surface area contributed by atoms with Crippen molar-refractivity contribution in [3.63, 3.8) is 0 Å². The summed E-state index contributed by atoms with van der Waals surface area (Å²) < 4.78 is 5.38. The van der Waals surface area contributed by atoms with Crippen LogP contribution in [-0.4, -0.2) is 9.97 Å². The number of aromatic nitrogens is 2. The Morgan fingerprint density at radius 1 is 1.27 bits per heavy atom. The first kappa shape index (κ1) is 9.73. The largest absolute Gasteiger partial charge is 0.436 e. The van der Waals surface area contributed by atoms with E-state index in [1.165, 1.54) is 18.5 Å². The first-order chi connectivity index (χ1) is 7.25. The van der Waals surface area contributed by atoms with Gasteiger partial charge < -0.3 is 10.5 Å². The molecule has 1 radical (unpaired) electrons. The fraction of sp³-hybridized carbons (Fsp3) is 0. The molecule has 15 heavy (non-hydrogen) atoms. The number of ether oxygens (including phenoxy) is 1. The summed E-state index contributed by atoms with van der Waals surface area (Å²) in [5.41, 5.74) is 7.68. The number of hydrogen-bond acceptors (Lipinski definition) is 3. The Bertz CT molecular complexity index is 461. The number of benzene rings is 1. The van der Waals surface area contributed by atoms with E-state index in [9.17, 15) is 0 Å². The molecule has 0 aliphatic heterocycles. The van der Waals surface area contributed by atoms with E-state index < -0.39 is 0 Å². The van der Waals surface area contributed by atoms with Crippen molar-refractivity contribution in [3.8, 4) is 11.6 Å². The highest BCUT2D eigenvalue weighted by atomic mass is 35.5. The van der Waals surface area contributed by atoms with Crippen LogP contribution in [0.25, 0.3) is 0 Å². The molecule has 0 bridgehead atoms. The molecule has 75 valence electrons. The van der Waals surface area contributed by atoms with Gasteiger partial charge in [0.25, 0.3) is 0 Å². The Balaban J connectivity index is 2.25. The lowest BCUT2D eigenvalue weighted by Gasteiger charge is -2.05. The molecule has 0 saturated heterocycles. The minimum atomic E-state index is 0.339. The predicted octanol–water partition coefficient (Wildman–Crippen LogP) is 2.84. The first-order valence-corrected chi connectivity index (χ1v) is 4.58. The van der Waals surface area contributed by atoms with Gasteiger partial charge in [-0.3, -0.25) is 4.98 Å². The normalized spacial score (nSPS) is 9.93. The van der Waals surface area contributed by atoms with Crippen LogP contribution < -0.4 is 10.5 Å². The molecule has 1 heterocycles. The van der Waals surface area contributed by atoms with Crippen LogP contribution in [0.1, 0.15) is 0 Å². The summed E-state index contributed by atoms with van der Waals surface area (Å²) in [6.07, 6.45) is 4.58. The molecule has 0 aliphatic rings. The Hall–Kier alpha value is -1.81. The third-order valence-electron chi connectivity index (χ3n) is 1.69. The summed E-state index contributed by atoms with van der Waals surface area (Å²) >= 11 is 5.89. The minimum absolute atomic E-state index is 0.339. The molecule has 0 spiro atoms.